The summed E-state index contributed by atoms with van der Waals surface area (Å²) in [4.78, 5) is 13.1. The van der Waals surface area contributed by atoms with Crippen LogP contribution in [0.3, 0.4) is 0 Å². The van der Waals surface area contributed by atoms with Gasteiger partial charge >= 0.3 is 25.6 Å². The molecule has 1 aliphatic rings. The maximum Gasteiger partial charge on any atom is 0.459 e. The van der Waals surface area contributed by atoms with Crippen LogP contribution in [0.25, 0.3) is 11.1 Å². The molecule has 0 saturated heterocycles. The summed E-state index contributed by atoms with van der Waals surface area (Å²) in [6.45, 7) is 2.49. The van der Waals surface area contributed by atoms with Gasteiger partial charge in [0.15, 0.2) is 0 Å². The predicted octanol–water partition coefficient (Wildman–Crippen LogP) is 8.90. The quantitative estimate of drug-likeness (QED) is 0.107. The molecule has 0 spiro atoms. The van der Waals surface area contributed by atoms with Crippen molar-refractivity contribution >= 4 is 13.5 Å². The lowest BCUT2D eigenvalue weighted by molar-refractivity contribution is -0.352. The van der Waals surface area contributed by atoms with Crippen molar-refractivity contribution in [2.75, 3.05) is 25.9 Å². The van der Waals surface area contributed by atoms with E-state index in [9.17, 15) is 40.1 Å². The fraction of sp³-hybridized carbons (Fsp3) is 0.567. The van der Waals surface area contributed by atoms with Gasteiger partial charge in [-0.1, -0.05) is 69.2 Å². The summed E-state index contributed by atoms with van der Waals surface area (Å²) in [6, 6.07) is 11.8. The van der Waals surface area contributed by atoms with E-state index < -0.39 is 44.0 Å². The molecule has 240 valence electrons. The highest BCUT2D eigenvalue weighted by Gasteiger charge is 2.72. The average Bonchev–Trinajstić information content (AvgIpc) is 3.29. The van der Waals surface area contributed by atoms with Crippen LogP contribution in [0.4, 0.5) is 30.7 Å². The molecule has 1 amide bonds. The number of hydrogen-bond acceptors (Lipinski definition) is 4. The van der Waals surface area contributed by atoms with Gasteiger partial charge in [-0.05, 0) is 59.9 Å². The Labute approximate surface area is 247 Å². The molecule has 1 aliphatic carbocycles. The van der Waals surface area contributed by atoms with E-state index in [4.69, 9.17) is 9.05 Å². The number of fused-ring (bicyclic) bond motifs is 3. The Morgan fingerprint density at radius 2 is 1.44 bits per heavy atom. The third kappa shape index (κ3) is 8.19. The molecule has 13 heteroatoms. The van der Waals surface area contributed by atoms with Gasteiger partial charge in [-0.2, -0.15) is 30.7 Å². The van der Waals surface area contributed by atoms with Gasteiger partial charge in [-0.3, -0.25) is 9.36 Å². The summed E-state index contributed by atoms with van der Waals surface area (Å²) in [5, 5.41) is 1.63. The van der Waals surface area contributed by atoms with Crippen molar-refractivity contribution in [3.63, 3.8) is 0 Å². The average molecular weight is 640 g/mol. The van der Waals surface area contributed by atoms with E-state index in [1.165, 1.54) is 0 Å². The minimum Gasteiger partial charge on any atom is -0.349 e. The Balaban J connectivity index is 1.75. The van der Waals surface area contributed by atoms with E-state index in [1.54, 1.807) is 41.7 Å². The van der Waals surface area contributed by atoms with Crippen molar-refractivity contribution in [3.05, 3.63) is 59.2 Å². The topological polar surface area (TPSA) is 64.6 Å². The van der Waals surface area contributed by atoms with E-state index in [0.717, 1.165) is 31.2 Å². The van der Waals surface area contributed by atoms with Crippen molar-refractivity contribution in [3.8, 4) is 11.1 Å². The second kappa shape index (κ2) is 14.6. The van der Waals surface area contributed by atoms with Crippen molar-refractivity contribution in [1.29, 1.82) is 0 Å². The number of hydrogen-bond donors (Lipinski definition) is 1. The lowest BCUT2D eigenvalue weighted by Gasteiger charge is -2.28. The lowest BCUT2D eigenvalue weighted by atomic mass is 9.93. The number of carbonyl (C=O) groups is 1. The van der Waals surface area contributed by atoms with Crippen molar-refractivity contribution < 1.29 is 49.1 Å². The molecule has 0 fully saturated rings. The van der Waals surface area contributed by atoms with Crippen molar-refractivity contribution in [2.24, 2.45) is 0 Å². The van der Waals surface area contributed by atoms with E-state index in [1.807, 2.05) is 19.9 Å². The third-order valence-corrected chi connectivity index (χ3v) is 9.31. The van der Waals surface area contributed by atoms with Crippen molar-refractivity contribution in [2.45, 2.75) is 82.7 Å². The van der Waals surface area contributed by atoms with Crippen LogP contribution in [0.1, 0.15) is 75.0 Å². The van der Waals surface area contributed by atoms with Crippen LogP contribution in [-0.2, 0) is 24.8 Å². The molecule has 2 aromatic carbocycles. The fourth-order valence-electron chi connectivity index (χ4n) is 4.93. The molecule has 0 bridgehead atoms. The smallest absolute Gasteiger partial charge is 0.349 e. The maximum absolute atomic E-state index is 13.9. The SMILES string of the molecule is CCCCOP(=O)(CCCCc1cccc2c1-c1ccccc1C2C(=O)NCC(F)(F)C(F)(F)C(F)(F)F)OCCCC. The number of unbranched alkanes of at least 4 members (excludes halogenated alkanes) is 3. The number of rotatable bonds is 17. The van der Waals surface area contributed by atoms with Gasteiger partial charge in [-0.25, -0.2) is 0 Å². The molecule has 5 nitrogen and oxygen atoms in total. The second-order valence-corrected chi connectivity index (χ2v) is 12.7. The predicted molar refractivity (Wildman–Crippen MR) is 150 cm³/mol. The van der Waals surface area contributed by atoms with Gasteiger partial charge < -0.3 is 14.4 Å². The van der Waals surface area contributed by atoms with Crippen LogP contribution in [-0.4, -0.2) is 49.8 Å². The summed E-state index contributed by atoms with van der Waals surface area (Å²) >= 11 is 0. The van der Waals surface area contributed by atoms with Gasteiger partial charge in [0.2, 0.25) is 5.91 Å². The highest BCUT2D eigenvalue weighted by molar-refractivity contribution is 7.53. The normalized spacial score (nSPS) is 15.3. The molecule has 0 aliphatic heterocycles. The molecule has 0 heterocycles. The fourth-order valence-corrected chi connectivity index (χ4v) is 6.68. The Hall–Kier alpha value is -2.43. The highest BCUT2D eigenvalue weighted by Crippen LogP contribution is 2.50. The van der Waals surface area contributed by atoms with Crippen LogP contribution >= 0.6 is 7.60 Å². The minimum atomic E-state index is -6.49. The lowest BCUT2D eigenvalue weighted by Crippen LogP contribution is -2.57. The number of halogens is 7. The molecule has 1 atom stereocenters. The number of benzene rings is 2. The molecular formula is C30H37F7NO4P. The Kier molecular flexibility index (Phi) is 11.9. The molecule has 1 N–H and O–H groups in total. The standard InChI is InChI=1S/C30H37F7NO4P/c1-3-5-17-41-43(40,42-18-6-4-2)19-10-9-12-21-13-11-16-24-25(21)22-14-7-8-15-23(22)26(24)27(39)38-20-28(31,32)29(33,34)30(35,36)37/h7-8,11,13-16,26H,3-6,9-10,12,17-20H2,1-2H3,(H,38,39). The zero-order valence-corrected chi connectivity index (χ0v) is 25.0. The zero-order valence-electron chi connectivity index (χ0n) is 24.1. The highest BCUT2D eigenvalue weighted by atomic mass is 31.2. The second-order valence-electron chi connectivity index (χ2n) is 10.6. The largest absolute Gasteiger partial charge is 0.459 e. The Morgan fingerprint density at radius 1 is 0.837 bits per heavy atom. The minimum absolute atomic E-state index is 0.230. The Morgan fingerprint density at radius 3 is 2.05 bits per heavy atom. The summed E-state index contributed by atoms with van der Waals surface area (Å²) in [5.41, 5.74) is 2.98. The first-order valence-corrected chi connectivity index (χ1v) is 16.1. The summed E-state index contributed by atoms with van der Waals surface area (Å²) in [5.74, 6) is -14.2. The van der Waals surface area contributed by atoms with E-state index in [2.05, 4.69) is 0 Å². The van der Waals surface area contributed by atoms with E-state index >= 15 is 0 Å². The molecular weight excluding hydrogens is 602 g/mol. The molecule has 0 aromatic heterocycles. The summed E-state index contributed by atoms with van der Waals surface area (Å²) < 4.78 is 117. The molecule has 0 saturated carbocycles. The van der Waals surface area contributed by atoms with E-state index in [-0.39, 0.29) is 6.16 Å². The van der Waals surface area contributed by atoms with Gasteiger partial charge in [0.1, 0.15) is 0 Å². The molecule has 2 aromatic rings. The van der Waals surface area contributed by atoms with Gasteiger partial charge in [-0.15, -0.1) is 0 Å². The van der Waals surface area contributed by atoms with Crippen LogP contribution < -0.4 is 5.32 Å². The summed E-state index contributed by atoms with van der Waals surface area (Å²) in [7, 11) is -3.27. The molecule has 3 rings (SSSR count). The van der Waals surface area contributed by atoms with Gasteiger partial charge in [0.25, 0.3) is 0 Å². The first kappa shape index (κ1) is 35.1. The zero-order chi connectivity index (χ0) is 31.9. The maximum atomic E-state index is 13.9. The molecule has 43 heavy (non-hydrogen) atoms. The number of alkyl halides is 7. The van der Waals surface area contributed by atoms with Crippen LogP contribution in [0.15, 0.2) is 42.5 Å². The first-order valence-electron chi connectivity index (χ1n) is 14.4. The third-order valence-electron chi connectivity index (χ3n) is 7.30. The van der Waals surface area contributed by atoms with Gasteiger partial charge in [0, 0.05) is 0 Å². The Bertz CT molecular complexity index is 1270. The number of nitrogens with one attached hydrogen (secondary N) is 1. The van der Waals surface area contributed by atoms with Crippen LogP contribution in [0.2, 0.25) is 0 Å². The number of aryl methyl sites for hydroxylation is 1. The van der Waals surface area contributed by atoms with Crippen LogP contribution in [0, 0.1) is 0 Å². The number of carbonyl (C=O) groups excluding carboxylic acids is 1. The molecule has 0 radical (unpaired) electrons. The number of amides is 1. The summed E-state index contributed by atoms with van der Waals surface area (Å²) in [6.07, 6.45) is -1.35. The van der Waals surface area contributed by atoms with Crippen molar-refractivity contribution in [1.82, 2.24) is 5.32 Å². The molecule has 1 unspecified atom stereocenters. The van der Waals surface area contributed by atoms with E-state index in [0.29, 0.717) is 54.7 Å². The monoisotopic (exact) mass is 639 g/mol. The van der Waals surface area contributed by atoms with Gasteiger partial charge in [0.05, 0.1) is 31.8 Å². The first-order chi connectivity index (χ1) is 20.2. The van der Waals surface area contributed by atoms with Crippen LogP contribution in [0.5, 0.6) is 0 Å².